The molecule has 0 heterocycles. The van der Waals surface area contributed by atoms with E-state index in [0.717, 1.165) is 6.92 Å². The number of hydrogen-bond donors (Lipinski definition) is 1. The molecule has 68 valence electrons. The molecule has 0 rings (SSSR count). The van der Waals surface area contributed by atoms with E-state index in [9.17, 15) is 18.0 Å². The maximum Gasteiger partial charge on any atom is 0.369 e. The van der Waals surface area contributed by atoms with Crippen molar-refractivity contribution >= 4 is 22.1 Å². The van der Waals surface area contributed by atoms with Crippen LogP contribution in [0.5, 0.6) is 0 Å². The summed E-state index contributed by atoms with van der Waals surface area (Å²) in [7, 11) is -4.81. The molecule has 0 aromatic heterocycles. The van der Waals surface area contributed by atoms with Gasteiger partial charge in [0.2, 0.25) is 5.91 Å². The van der Waals surface area contributed by atoms with E-state index in [1.807, 2.05) is 0 Å². The second-order valence-corrected chi connectivity index (χ2v) is 3.06. The minimum Gasteiger partial charge on any atom is -0.274 e. The third-order valence-electron chi connectivity index (χ3n) is 0.892. The standard InChI is InChI=1S/C5H7NO5S/c1-3-5(8)6(4(2)7)12(9,10)11/h3H,1H2,2H3,(H,9,10,11). The average Bonchev–Trinajstić information content (AvgIpc) is 1.83. The van der Waals surface area contributed by atoms with Crippen molar-refractivity contribution in [2.45, 2.75) is 6.92 Å². The first-order chi connectivity index (χ1) is 5.30. The van der Waals surface area contributed by atoms with Crippen LogP contribution in [0.25, 0.3) is 0 Å². The Hall–Kier alpha value is -1.21. The first-order valence-corrected chi connectivity index (χ1v) is 4.15. The highest BCUT2D eigenvalue weighted by Crippen LogP contribution is 1.99. The molecule has 0 bridgehead atoms. The first kappa shape index (κ1) is 10.8. The van der Waals surface area contributed by atoms with Gasteiger partial charge in [-0.1, -0.05) is 6.58 Å². The first-order valence-electron chi connectivity index (χ1n) is 2.75. The minimum atomic E-state index is -4.81. The van der Waals surface area contributed by atoms with Gasteiger partial charge in [-0.3, -0.25) is 14.1 Å². The van der Waals surface area contributed by atoms with E-state index in [2.05, 4.69) is 6.58 Å². The Labute approximate surface area is 69.4 Å². The highest BCUT2D eigenvalue weighted by molar-refractivity contribution is 7.84. The number of carbonyl (C=O) groups excluding carboxylic acids is 2. The Kier molecular flexibility index (Phi) is 3.11. The Bertz CT molecular complexity index is 317. The molecule has 0 aromatic carbocycles. The van der Waals surface area contributed by atoms with Crippen molar-refractivity contribution in [1.82, 2.24) is 4.31 Å². The van der Waals surface area contributed by atoms with Crippen LogP contribution < -0.4 is 0 Å². The number of carbonyl (C=O) groups is 2. The van der Waals surface area contributed by atoms with Gasteiger partial charge in [0.1, 0.15) is 0 Å². The monoisotopic (exact) mass is 193 g/mol. The topological polar surface area (TPSA) is 91.8 Å². The van der Waals surface area contributed by atoms with E-state index in [1.165, 1.54) is 0 Å². The third kappa shape index (κ3) is 2.44. The van der Waals surface area contributed by atoms with Crippen LogP contribution in [0.4, 0.5) is 0 Å². The zero-order chi connectivity index (χ0) is 9.94. The van der Waals surface area contributed by atoms with Crippen molar-refractivity contribution in [3.05, 3.63) is 12.7 Å². The molecule has 0 aliphatic heterocycles. The van der Waals surface area contributed by atoms with Crippen molar-refractivity contribution in [2.24, 2.45) is 0 Å². The molecule has 0 aromatic rings. The molecule has 0 aliphatic rings. The van der Waals surface area contributed by atoms with Crippen molar-refractivity contribution in [3.63, 3.8) is 0 Å². The van der Waals surface area contributed by atoms with E-state index in [0.29, 0.717) is 6.08 Å². The van der Waals surface area contributed by atoms with Crippen molar-refractivity contribution in [3.8, 4) is 0 Å². The largest absolute Gasteiger partial charge is 0.369 e. The number of nitrogens with zero attached hydrogens (tertiary/aromatic N) is 1. The quantitative estimate of drug-likeness (QED) is 0.464. The number of imide groups is 1. The molecule has 0 spiro atoms. The summed E-state index contributed by atoms with van der Waals surface area (Å²) in [4.78, 5) is 21.2. The van der Waals surface area contributed by atoms with Gasteiger partial charge in [0, 0.05) is 6.92 Å². The maximum atomic E-state index is 10.6. The summed E-state index contributed by atoms with van der Waals surface area (Å²) >= 11 is 0. The fourth-order valence-electron chi connectivity index (χ4n) is 0.514. The molecule has 0 atom stereocenters. The van der Waals surface area contributed by atoms with Gasteiger partial charge in [0.25, 0.3) is 5.91 Å². The smallest absolute Gasteiger partial charge is 0.274 e. The third-order valence-corrected chi connectivity index (χ3v) is 1.79. The molecule has 0 saturated heterocycles. The molecule has 6 nitrogen and oxygen atoms in total. The Balaban J connectivity index is 5.08. The summed E-state index contributed by atoms with van der Waals surface area (Å²) in [5.74, 6) is -2.28. The second-order valence-electron chi connectivity index (χ2n) is 1.80. The van der Waals surface area contributed by atoms with E-state index in [1.54, 1.807) is 0 Å². The van der Waals surface area contributed by atoms with E-state index < -0.39 is 22.1 Å². The average molecular weight is 193 g/mol. The van der Waals surface area contributed by atoms with Gasteiger partial charge < -0.3 is 0 Å². The summed E-state index contributed by atoms with van der Waals surface area (Å²) < 4.78 is 28.8. The van der Waals surface area contributed by atoms with E-state index >= 15 is 0 Å². The molecule has 0 unspecified atom stereocenters. The highest BCUT2D eigenvalue weighted by atomic mass is 32.2. The molecule has 0 fully saturated rings. The van der Waals surface area contributed by atoms with Gasteiger partial charge in [-0.25, -0.2) is 0 Å². The van der Waals surface area contributed by atoms with Gasteiger partial charge in [-0.2, -0.15) is 8.42 Å². The Morgan fingerprint density at radius 2 is 1.92 bits per heavy atom. The molecule has 12 heavy (non-hydrogen) atoms. The van der Waals surface area contributed by atoms with E-state index in [-0.39, 0.29) is 4.31 Å². The zero-order valence-electron chi connectivity index (χ0n) is 6.22. The molecule has 0 radical (unpaired) electrons. The van der Waals surface area contributed by atoms with Crippen LogP contribution in [0.1, 0.15) is 6.92 Å². The summed E-state index contributed by atoms with van der Waals surface area (Å²) in [6.45, 7) is 3.79. The zero-order valence-corrected chi connectivity index (χ0v) is 7.04. The predicted molar refractivity (Wildman–Crippen MR) is 39.3 cm³/mol. The fraction of sp³-hybridized carbons (Fsp3) is 0.200. The molecule has 0 aliphatic carbocycles. The summed E-state index contributed by atoms with van der Waals surface area (Å²) in [6, 6.07) is 0. The highest BCUT2D eigenvalue weighted by Gasteiger charge is 2.27. The van der Waals surface area contributed by atoms with Gasteiger partial charge in [0.05, 0.1) is 0 Å². The summed E-state index contributed by atoms with van der Waals surface area (Å²) in [5.41, 5.74) is 0. The number of rotatable bonds is 2. The van der Waals surface area contributed by atoms with Gasteiger partial charge in [-0.05, 0) is 6.08 Å². The van der Waals surface area contributed by atoms with Gasteiger partial charge >= 0.3 is 10.3 Å². The molecular formula is C5H7NO5S. The predicted octanol–water partition coefficient (Wildman–Crippen LogP) is -0.650. The lowest BCUT2D eigenvalue weighted by atomic mass is 10.5. The van der Waals surface area contributed by atoms with Crippen molar-refractivity contribution < 1.29 is 22.6 Å². The SMILES string of the molecule is C=CC(=O)N(C(C)=O)S(=O)(=O)O. The van der Waals surface area contributed by atoms with Crippen LogP contribution in [0.2, 0.25) is 0 Å². The molecule has 0 saturated carbocycles. The fourth-order valence-corrected chi connectivity index (χ4v) is 1.14. The molecule has 2 amide bonds. The lowest BCUT2D eigenvalue weighted by Crippen LogP contribution is -2.38. The van der Waals surface area contributed by atoms with Crippen LogP contribution in [0.15, 0.2) is 12.7 Å². The lowest BCUT2D eigenvalue weighted by Gasteiger charge is -2.11. The van der Waals surface area contributed by atoms with E-state index in [4.69, 9.17) is 4.55 Å². The minimum absolute atomic E-state index is 0.292. The van der Waals surface area contributed by atoms with Crippen LogP contribution in [-0.2, 0) is 19.9 Å². The summed E-state index contributed by atoms with van der Waals surface area (Å²) in [5, 5.41) is 0. The van der Waals surface area contributed by atoms with Crippen molar-refractivity contribution in [2.75, 3.05) is 0 Å². The molecule has 7 heteroatoms. The Morgan fingerprint density at radius 1 is 1.50 bits per heavy atom. The van der Waals surface area contributed by atoms with Crippen LogP contribution in [-0.4, -0.2) is 29.1 Å². The lowest BCUT2D eigenvalue weighted by molar-refractivity contribution is -0.134. The second kappa shape index (κ2) is 3.46. The Morgan fingerprint density at radius 3 is 2.00 bits per heavy atom. The summed E-state index contributed by atoms with van der Waals surface area (Å²) in [6.07, 6.45) is 0.606. The number of amides is 2. The normalized spacial score (nSPS) is 10.5. The van der Waals surface area contributed by atoms with Crippen LogP contribution in [0.3, 0.4) is 0 Å². The number of hydrogen-bond acceptors (Lipinski definition) is 4. The van der Waals surface area contributed by atoms with Gasteiger partial charge in [0.15, 0.2) is 0 Å². The van der Waals surface area contributed by atoms with Crippen molar-refractivity contribution in [1.29, 1.82) is 0 Å². The van der Waals surface area contributed by atoms with Gasteiger partial charge in [-0.15, -0.1) is 4.31 Å². The van der Waals surface area contributed by atoms with Crippen LogP contribution in [0, 0.1) is 0 Å². The molecule has 1 N–H and O–H groups in total. The maximum absolute atomic E-state index is 10.6. The molecular weight excluding hydrogens is 186 g/mol. The van der Waals surface area contributed by atoms with Crippen LogP contribution >= 0.6 is 0 Å².